The fraction of sp³-hybridized carbons (Fsp3) is 0.304. The van der Waals surface area contributed by atoms with Crippen LogP contribution in [0.4, 0.5) is 5.13 Å². The molecule has 1 atom stereocenters. The van der Waals surface area contributed by atoms with Crippen LogP contribution in [0.2, 0.25) is 0 Å². The van der Waals surface area contributed by atoms with Gasteiger partial charge in [-0.3, -0.25) is 9.78 Å². The minimum absolute atomic E-state index is 0.0569. The van der Waals surface area contributed by atoms with Crippen LogP contribution in [0, 0.1) is 5.92 Å². The number of hydrogen-bond donors (Lipinski definition) is 1. The van der Waals surface area contributed by atoms with Crippen LogP contribution in [0.15, 0.2) is 54.9 Å². The number of nitrogens with one attached hydrogen (secondary N) is 1. The SMILES string of the molecule is COc1ccc(-c2cn3nc(N4CCC[C@H](C(=O)NCc5ccccn5)C4)sc3n2)cc1. The van der Waals surface area contributed by atoms with Crippen molar-refractivity contribution in [1.29, 1.82) is 0 Å². The Morgan fingerprint density at radius 2 is 2.12 bits per heavy atom. The summed E-state index contributed by atoms with van der Waals surface area (Å²) in [7, 11) is 1.66. The third-order valence-electron chi connectivity index (χ3n) is 5.65. The summed E-state index contributed by atoms with van der Waals surface area (Å²) in [5, 5.41) is 8.66. The van der Waals surface area contributed by atoms with Crippen LogP contribution in [-0.2, 0) is 11.3 Å². The zero-order valence-corrected chi connectivity index (χ0v) is 18.6. The van der Waals surface area contributed by atoms with Gasteiger partial charge in [-0.2, -0.15) is 0 Å². The van der Waals surface area contributed by atoms with Crippen molar-refractivity contribution in [2.75, 3.05) is 25.1 Å². The molecule has 0 spiro atoms. The molecular weight excluding hydrogens is 424 g/mol. The number of carbonyl (C=O) groups excluding carboxylic acids is 1. The summed E-state index contributed by atoms with van der Waals surface area (Å²) in [6.45, 7) is 2.01. The summed E-state index contributed by atoms with van der Waals surface area (Å²) in [5.74, 6) is 0.834. The maximum absolute atomic E-state index is 12.7. The maximum Gasteiger partial charge on any atom is 0.225 e. The topological polar surface area (TPSA) is 84.7 Å². The molecule has 8 nitrogen and oxygen atoms in total. The van der Waals surface area contributed by atoms with Crippen LogP contribution in [0.5, 0.6) is 5.75 Å². The second-order valence-corrected chi connectivity index (χ2v) is 8.72. The number of anilines is 1. The van der Waals surface area contributed by atoms with Gasteiger partial charge in [0, 0.05) is 24.8 Å². The fourth-order valence-electron chi connectivity index (χ4n) is 3.91. The van der Waals surface area contributed by atoms with Crippen LogP contribution in [0.25, 0.3) is 16.2 Å². The monoisotopic (exact) mass is 448 g/mol. The molecule has 0 bridgehead atoms. The third kappa shape index (κ3) is 4.29. The molecule has 9 heteroatoms. The molecule has 1 aliphatic heterocycles. The number of aromatic nitrogens is 4. The lowest BCUT2D eigenvalue weighted by molar-refractivity contribution is -0.125. The van der Waals surface area contributed by atoms with E-state index in [1.807, 2.05) is 53.2 Å². The van der Waals surface area contributed by atoms with Crippen molar-refractivity contribution in [3.05, 3.63) is 60.6 Å². The predicted octanol–water partition coefficient (Wildman–Crippen LogP) is 3.39. The van der Waals surface area contributed by atoms with Crippen LogP contribution < -0.4 is 15.0 Å². The second-order valence-electron chi connectivity index (χ2n) is 7.79. The molecular formula is C23H24N6O2S. The van der Waals surface area contributed by atoms with Gasteiger partial charge >= 0.3 is 0 Å². The average Bonchev–Trinajstić information content (AvgIpc) is 3.43. The average molecular weight is 449 g/mol. The zero-order valence-electron chi connectivity index (χ0n) is 17.8. The fourth-order valence-corrected chi connectivity index (χ4v) is 4.83. The first kappa shape index (κ1) is 20.4. The maximum atomic E-state index is 12.7. The highest BCUT2D eigenvalue weighted by Gasteiger charge is 2.28. The van der Waals surface area contributed by atoms with E-state index in [0.29, 0.717) is 13.1 Å². The van der Waals surface area contributed by atoms with Crippen molar-refractivity contribution in [1.82, 2.24) is 24.9 Å². The van der Waals surface area contributed by atoms with Gasteiger partial charge < -0.3 is 15.0 Å². The van der Waals surface area contributed by atoms with Crippen LogP contribution in [0.3, 0.4) is 0 Å². The van der Waals surface area contributed by atoms with E-state index in [1.54, 1.807) is 24.6 Å². The highest BCUT2D eigenvalue weighted by atomic mass is 32.1. The van der Waals surface area contributed by atoms with Gasteiger partial charge in [-0.25, -0.2) is 9.50 Å². The molecule has 1 amide bonds. The molecule has 1 aromatic carbocycles. The molecule has 4 aromatic rings. The van der Waals surface area contributed by atoms with Gasteiger partial charge in [-0.05, 0) is 49.2 Å². The van der Waals surface area contributed by atoms with Gasteiger partial charge in [-0.15, -0.1) is 5.10 Å². The normalized spacial score (nSPS) is 16.3. The van der Waals surface area contributed by atoms with Crippen molar-refractivity contribution in [2.24, 2.45) is 5.92 Å². The number of imidazole rings is 1. The van der Waals surface area contributed by atoms with E-state index in [2.05, 4.69) is 15.2 Å². The Bertz CT molecular complexity index is 1170. The number of carbonyl (C=O) groups is 1. The number of hydrogen-bond acceptors (Lipinski definition) is 7. The molecule has 0 radical (unpaired) electrons. The molecule has 1 saturated heterocycles. The standard InChI is InChI=1S/C23H24N6O2S/c1-31-19-9-7-16(8-10-19)20-15-29-22(26-20)32-23(27-29)28-12-4-5-17(14-28)21(30)25-13-18-6-2-3-11-24-18/h2-3,6-11,15,17H,4-5,12-14H2,1H3,(H,25,30)/t17-/m0/s1. The summed E-state index contributed by atoms with van der Waals surface area (Å²) in [6, 6.07) is 13.5. The molecule has 0 saturated carbocycles. The van der Waals surface area contributed by atoms with Gasteiger partial charge in [0.05, 0.1) is 37.2 Å². The molecule has 3 aromatic heterocycles. The Hall–Kier alpha value is -3.46. The summed E-state index contributed by atoms with van der Waals surface area (Å²) < 4.78 is 7.05. The summed E-state index contributed by atoms with van der Waals surface area (Å²) in [4.78, 5) is 24.7. The number of methoxy groups -OCH3 is 1. The van der Waals surface area contributed by atoms with Crippen LogP contribution >= 0.6 is 11.3 Å². The summed E-state index contributed by atoms with van der Waals surface area (Å²) >= 11 is 1.55. The molecule has 0 unspecified atom stereocenters. The van der Waals surface area contributed by atoms with E-state index in [0.717, 1.165) is 52.2 Å². The third-order valence-corrected chi connectivity index (χ3v) is 6.63. The molecule has 4 heterocycles. The van der Waals surface area contributed by atoms with Crippen molar-refractivity contribution < 1.29 is 9.53 Å². The lowest BCUT2D eigenvalue weighted by Crippen LogP contribution is -2.43. The highest BCUT2D eigenvalue weighted by Crippen LogP contribution is 2.30. The Morgan fingerprint density at radius 1 is 1.25 bits per heavy atom. The quantitative estimate of drug-likeness (QED) is 0.487. The van der Waals surface area contributed by atoms with Gasteiger partial charge in [-0.1, -0.05) is 17.4 Å². The van der Waals surface area contributed by atoms with E-state index < -0.39 is 0 Å². The number of amides is 1. The first-order valence-electron chi connectivity index (χ1n) is 10.6. The van der Waals surface area contributed by atoms with Gasteiger partial charge in [0.1, 0.15) is 5.75 Å². The minimum Gasteiger partial charge on any atom is -0.497 e. The summed E-state index contributed by atoms with van der Waals surface area (Å²) in [6.07, 6.45) is 5.52. The number of benzene rings is 1. The van der Waals surface area contributed by atoms with Crippen LogP contribution in [-0.4, -0.2) is 45.7 Å². The molecule has 1 N–H and O–H groups in total. The van der Waals surface area contributed by atoms with Gasteiger partial charge in [0.15, 0.2) is 0 Å². The number of rotatable bonds is 6. The Morgan fingerprint density at radius 3 is 2.88 bits per heavy atom. The smallest absolute Gasteiger partial charge is 0.225 e. The number of ether oxygens (including phenoxy) is 1. The van der Waals surface area contributed by atoms with E-state index in [1.165, 1.54) is 0 Å². The van der Waals surface area contributed by atoms with E-state index >= 15 is 0 Å². The van der Waals surface area contributed by atoms with Crippen LogP contribution in [0.1, 0.15) is 18.5 Å². The number of fused-ring (bicyclic) bond motifs is 1. The first-order chi connectivity index (χ1) is 15.7. The predicted molar refractivity (Wildman–Crippen MR) is 124 cm³/mol. The Balaban J connectivity index is 1.25. The molecule has 1 aliphatic rings. The lowest BCUT2D eigenvalue weighted by atomic mass is 9.97. The molecule has 1 fully saturated rings. The molecule has 32 heavy (non-hydrogen) atoms. The van der Waals surface area contributed by atoms with Crippen molar-refractivity contribution >= 4 is 27.3 Å². The van der Waals surface area contributed by atoms with Gasteiger partial charge in [0.2, 0.25) is 16.0 Å². The van der Waals surface area contributed by atoms with Gasteiger partial charge in [0.25, 0.3) is 0 Å². The van der Waals surface area contributed by atoms with E-state index in [9.17, 15) is 4.79 Å². The van der Waals surface area contributed by atoms with Crippen molar-refractivity contribution in [3.8, 4) is 17.0 Å². The molecule has 0 aliphatic carbocycles. The van der Waals surface area contributed by atoms with E-state index in [-0.39, 0.29) is 11.8 Å². The lowest BCUT2D eigenvalue weighted by Gasteiger charge is -2.31. The van der Waals surface area contributed by atoms with E-state index in [4.69, 9.17) is 14.8 Å². The first-order valence-corrected chi connectivity index (χ1v) is 11.4. The molecule has 164 valence electrons. The largest absolute Gasteiger partial charge is 0.497 e. The second kappa shape index (κ2) is 8.96. The minimum atomic E-state index is -0.0569. The number of piperidine rings is 1. The number of nitrogens with zero attached hydrogens (tertiary/aromatic N) is 5. The van der Waals surface area contributed by atoms with Crippen molar-refractivity contribution in [3.63, 3.8) is 0 Å². The Kier molecular flexibility index (Phi) is 5.72. The summed E-state index contributed by atoms with van der Waals surface area (Å²) in [5.41, 5.74) is 2.76. The van der Waals surface area contributed by atoms with Crippen molar-refractivity contribution in [2.45, 2.75) is 19.4 Å². The number of pyridine rings is 1. The molecule has 5 rings (SSSR count). The Labute approximate surface area is 189 Å². The zero-order chi connectivity index (χ0) is 21.9. The highest BCUT2D eigenvalue weighted by molar-refractivity contribution is 7.20.